The van der Waals surface area contributed by atoms with Crippen molar-refractivity contribution in [3.05, 3.63) is 23.4 Å². The van der Waals surface area contributed by atoms with E-state index in [2.05, 4.69) is 16.6 Å². The van der Waals surface area contributed by atoms with Crippen LogP contribution in [0, 0.1) is 0 Å². The molecule has 0 atom stereocenters. The van der Waals surface area contributed by atoms with E-state index in [-0.39, 0.29) is 0 Å². The molecule has 82 valence electrons. The molecular formula is C11H15ClN2S. The van der Waals surface area contributed by atoms with Gasteiger partial charge in [-0.25, -0.2) is 4.98 Å². The molecule has 1 heterocycles. The third-order valence-electron chi connectivity index (χ3n) is 3.00. The fourth-order valence-electron chi connectivity index (χ4n) is 1.78. The fraction of sp³-hybridized carbons (Fsp3) is 0.545. The van der Waals surface area contributed by atoms with Gasteiger partial charge in [-0.2, -0.15) is 11.8 Å². The van der Waals surface area contributed by atoms with Crippen LogP contribution in [0.3, 0.4) is 0 Å². The van der Waals surface area contributed by atoms with Crippen molar-refractivity contribution in [2.75, 3.05) is 18.1 Å². The Balaban J connectivity index is 1.92. The maximum absolute atomic E-state index is 5.82. The van der Waals surface area contributed by atoms with Crippen LogP contribution in [0.1, 0.15) is 19.3 Å². The SMILES string of the molecule is CSC1(CNc2cccc(Cl)n2)CCC1. The van der Waals surface area contributed by atoms with E-state index < -0.39 is 0 Å². The average molecular weight is 243 g/mol. The maximum Gasteiger partial charge on any atom is 0.131 e. The number of hydrogen-bond acceptors (Lipinski definition) is 3. The molecule has 1 aliphatic rings. The lowest BCUT2D eigenvalue weighted by atomic mass is 9.84. The Kier molecular flexibility index (Phi) is 3.42. The Bertz CT molecular complexity index is 334. The largest absolute Gasteiger partial charge is 0.369 e. The molecule has 1 N–H and O–H groups in total. The van der Waals surface area contributed by atoms with Crippen molar-refractivity contribution >= 4 is 29.2 Å². The minimum atomic E-state index is 0.435. The third kappa shape index (κ3) is 2.58. The van der Waals surface area contributed by atoms with Gasteiger partial charge in [0.15, 0.2) is 0 Å². The zero-order valence-electron chi connectivity index (χ0n) is 8.79. The Morgan fingerprint density at radius 1 is 1.53 bits per heavy atom. The molecule has 1 fully saturated rings. The molecule has 0 spiro atoms. The lowest BCUT2D eigenvalue weighted by Gasteiger charge is -2.40. The number of halogens is 1. The van der Waals surface area contributed by atoms with Crippen molar-refractivity contribution in [3.8, 4) is 0 Å². The van der Waals surface area contributed by atoms with Crippen LogP contribution in [0.2, 0.25) is 5.15 Å². The first kappa shape index (κ1) is 11.1. The van der Waals surface area contributed by atoms with Gasteiger partial charge in [0.2, 0.25) is 0 Å². The standard InChI is InChI=1S/C11H15ClN2S/c1-15-11(6-3-7-11)8-13-10-5-2-4-9(12)14-10/h2,4-5H,3,6-8H2,1H3,(H,13,14). The summed E-state index contributed by atoms with van der Waals surface area (Å²) >= 11 is 7.78. The summed E-state index contributed by atoms with van der Waals surface area (Å²) in [6.07, 6.45) is 6.15. The molecule has 0 radical (unpaired) electrons. The van der Waals surface area contributed by atoms with Crippen LogP contribution >= 0.6 is 23.4 Å². The zero-order chi connectivity index (χ0) is 10.7. The Morgan fingerprint density at radius 2 is 2.33 bits per heavy atom. The highest BCUT2D eigenvalue weighted by atomic mass is 35.5. The number of aromatic nitrogens is 1. The molecule has 15 heavy (non-hydrogen) atoms. The topological polar surface area (TPSA) is 24.9 Å². The molecule has 0 aromatic carbocycles. The van der Waals surface area contributed by atoms with Gasteiger partial charge in [0.25, 0.3) is 0 Å². The summed E-state index contributed by atoms with van der Waals surface area (Å²) in [6, 6.07) is 5.67. The summed E-state index contributed by atoms with van der Waals surface area (Å²) in [5.74, 6) is 0.878. The lowest BCUT2D eigenvalue weighted by Crippen LogP contribution is -2.40. The molecule has 1 aliphatic carbocycles. The van der Waals surface area contributed by atoms with Crippen molar-refractivity contribution < 1.29 is 0 Å². The van der Waals surface area contributed by atoms with Gasteiger partial charge >= 0.3 is 0 Å². The number of rotatable bonds is 4. The fourth-order valence-corrected chi connectivity index (χ4v) is 2.86. The summed E-state index contributed by atoms with van der Waals surface area (Å²) in [5, 5.41) is 3.91. The molecule has 0 bridgehead atoms. The van der Waals surface area contributed by atoms with Gasteiger partial charge in [-0.05, 0) is 31.2 Å². The van der Waals surface area contributed by atoms with Gasteiger partial charge in [0.1, 0.15) is 11.0 Å². The predicted octanol–water partition coefficient (Wildman–Crippen LogP) is 3.43. The van der Waals surface area contributed by atoms with Gasteiger partial charge in [-0.1, -0.05) is 24.1 Å². The summed E-state index contributed by atoms with van der Waals surface area (Å²) in [6.45, 7) is 0.988. The second-order valence-electron chi connectivity index (χ2n) is 3.94. The summed E-state index contributed by atoms with van der Waals surface area (Å²) in [5.41, 5.74) is 0. The van der Waals surface area contributed by atoms with E-state index in [0.717, 1.165) is 12.4 Å². The van der Waals surface area contributed by atoms with Crippen LogP contribution in [0.4, 0.5) is 5.82 Å². The first-order valence-corrected chi connectivity index (χ1v) is 6.76. The normalized spacial score (nSPS) is 18.3. The number of hydrogen-bond donors (Lipinski definition) is 1. The number of nitrogens with one attached hydrogen (secondary N) is 1. The number of thioether (sulfide) groups is 1. The van der Waals surface area contributed by atoms with Crippen molar-refractivity contribution in [3.63, 3.8) is 0 Å². The van der Waals surface area contributed by atoms with Crippen LogP contribution in [-0.4, -0.2) is 22.5 Å². The van der Waals surface area contributed by atoms with Crippen LogP contribution in [-0.2, 0) is 0 Å². The summed E-state index contributed by atoms with van der Waals surface area (Å²) in [4.78, 5) is 4.21. The monoisotopic (exact) mass is 242 g/mol. The Hall–Kier alpha value is -0.410. The highest BCUT2D eigenvalue weighted by Gasteiger charge is 2.35. The highest BCUT2D eigenvalue weighted by molar-refractivity contribution is 8.00. The van der Waals surface area contributed by atoms with Crippen LogP contribution in [0.25, 0.3) is 0 Å². The van der Waals surface area contributed by atoms with E-state index in [1.165, 1.54) is 19.3 Å². The highest BCUT2D eigenvalue weighted by Crippen LogP contribution is 2.42. The van der Waals surface area contributed by atoms with Gasteiger partial charge in [-0.3, -0.25) is 0 Å². The molecule has 0 aliphatic heterocycles. The first-order valence-electron chi connectivity index (χ1n) is 5.16. The molecule has 1 aromatic rings. The van der Waals surface area contributed by atoms with Crippen LogP contribution in [0.15, 0.2) is 18.2 Å². The number of anilines is 1. The van der Waals surface area contributed by atoms with Gasteiger partial charge in [-0.15, -0.1) is 0 Å². The Morgan fingerprint density at radius 3 is 2.87 bits per heavy atom. The molecule has 1 aromatic heterocycles. The van der Waals surface area contributed by atoms with Crippen molar-refractivity contribution in [1.29, 1.82) is 0 Å². The summed E-state index contributed by atoms with van der Waals surface area (Å²) in [7, 11) is 0. The molecule has 2 rings (SSSR count). The van der Waals surface area contributed by atoms with E-state index in [0.29, 0.717) is 9.90 Å². The minimum absolute atomic E-state index is 0.435. The van der Waals surface area contributed by atoms with E-state index >= 15 is 0 Å². The third-order valence-corrected chi connectivity index (χ3v) is 4.63. The van der Waals surface area contributed by atoms with Gasteiger partial charge in [0.05, 0.1) is 0 Å². The maximum atomic E-state index is 5.82. The second kappa shape index (κ2) is 4.62. The number of nitrogens with zero attached hydrogens (tertiary/aromatic N) is 1. The lowest BCUT2D eigenvalue weighted by molar-refractivity contribution is 0.379. The predicted molar refractivity (Wildman–Crippen MR) is 67.8 cm³/mol. The van der Waals surface area contributed by atoms with Crippen LogP contribution < -0.4 is 5.32 Å². The van der Waals surface area contributed by atoms with E-state index in [1.807, 2.05) is 23.9 Å². The molecule has 1 saturated carbocycles. The van der Waals surface area contributed by atoms with Gasteiger partial charge < -0.3 is 5.32 Å². The van der Waals surface area contributed by atoms with E-state index in [9.17, 15) is 0 Å². The minimum Gasteiger partial charge on any atom is -0.369 e. The van der Waals surface area contributed by atoms with Crippen molar-refractivity contribution in [2.45, 2.75) is 24.0 Å². The van der Waals surface area contributed by atoms with Gasteiger partial charge in [0, 0.05) is 11.3 Å². The van der Waals surface area contributed by atoms with E-state index in [4.69, 9.17) is 11.6 Å². The zero-order valence-corrected chi connectivity index (χ0v) is 10.4. The summed E-state index contributed by atoms with van der Waals surface area (Å²) < 4.78 is 0.435. The molecule has 2 nitrogen and oxygen atoms in total. The molecule has 4 heteroatoms. The van der Waals surface area contributed by atoms with Crippen molar-refractivity contribution in [1.82, 2.24) is 4.98 Å². The van der Waals surface area contributed by atoms with E-state index in [1.54, 1.807) is 6.07 Å². The smallest absolute Gasteiger partial charge is 0.131 e. The molecule has 0 saturated heterocycles. The molecule has 0 unspecified atom stereocenters. The molecule has 0 amide bonds. The molecular weight excluding hydrogens is 228 g/mol. The first-order chi connectivity index (χ1) is 7.24. The quantitative estimate of drug-likeness (QED) is 0.819. The average Bonchev–Trinajstić information content (AvgIpc) is 2.17. The number of pyridine rings is 1. The Labute approximate surface area is 99.8 Å². The van der Waals surface area contributed by atoms with Crippen LogP contribution in [0.5, 0.6) is 0 Å². The second-order valence-corrected chi connectivity index (χ2v) is 5.60. The van der Waals surface area contributed by atoms with Crippen molar-refractivity contribution in [2.24, 2.45) is 0 Å².